The van der Waals surface area contributed by atoms with Crippen molar-refractivity contribution in [2.75, 3.05) is 0 Å². The molecule has 0 amide bonds. The molecule has 0 rings (SSSR count). The van der Waals surface area contributed by atoms with Crippen molar-refractivity contribution >= 4 is 15.8 Å². The molecule has 0 aliphatic rings. The minimum atomic E-state index is -0.339. The van der Waals surface area contributed by atoms with Gasteiger partial charge in [-0.1, -0.05) is 140 Å². The molecule has 0 heterocycles. The molecule has 0 aliphatic carbocycles. The third-order valence-electron chi connectivity index (χ3n) is 5.36. The third-order valence-corrected chi connectivity index (χ3v) is 12.2. The van der Waals surface area contributed by atoms with Gasteiger partial charge in [-0.25, -0.2) is 0 Å². The monoisotopic (exact) mass is 484 g/mol. The normalized spacial score (nSPS) is 16.1. The van der Waals surface area contributed by atoms with Gasteiger partial charge >= 0.3 is 0 Å². The lowest BCUT2D eigenvalue weighted by Crippen LogP contribution is -2.40. The van der Waals surface area contributed by atoms with E-state index in [1.54, 1.807) is 0 Å². The predicted molar refractivity (Wildman–Crippen MR) is 154 cm³/mol. The number of hydrogen-bond acceptors (Lipinski definition) is 2. The Kier molecular flexibility index (Phi) is 10.3. The fourth-order valence-electron chi connectivity index (χ4n) is 4.01. The molecule has 0 aromatic rings. The van der Waals surface area contributed by atoms with Crippen LogP contribution in [0.4, 0.5) is 0 Å². The molecule has 190 valence electrons. The first kappa shape index (κ1) is 31.9. The van der Waals surface area contributed by atoms with Crippen molar-refractivity contribution in [3.8, 4) is 0 Å². The number of allylic oxidation sites excluding steroid dienone is 2. The van der Waals surface area contributed by atoms with E-state index in [0.29, 0.717) is 0 Å². The van der Waals surface area contributed by atoms with Gasteiger partial charge in [0.15, 0.2) is 0 Å². The summed E-state index contributed by atoms with van der Waals surface area (Å²) in [5, 5.41) is 1.00. The molecule has 0 saturated carbocycles. The molecular formula is C28H58N2P2. The van der Waals surface area contributed by atoms with E-state index in [2.05, 4.69) is 147 Å². The van der Waals surface area contributed by atoms with Gasteiger partial charge in [-0.3, -0.25) is 0 Å². The Hall–Kier alpha value is -0.0600. The number of rotatable bonds is 5. The van der Waals surface area contributed by atoms with E-state index in [9.17, 15) is 0 Å². The van der Waals surface area contributed by atoms with Crippen molar-refractivity contribution in [3.05, 3.63) is 23.0 Å². The molecular weight excluding hydrogens is 426 g/mol. The van der Waals surface area contributed by atoms with E-state index in [1.807, 2.05) is 0 Å². The molecule has 0 aromatic heterocycles. The maximum absolute atomic E-state index is 3.72. The first-order valence-electron chi connectivity index (χ1n) is 12.2. The zero-order chi connectivity index (χ0) is 26.1. The van der Waals surface area contributed by atoms with Crippen LogP contribution in [-0.4, -0.2) is 20.6 Å². The van der Waals surface area contributed by atoms with Crippen molar-refractivity contribution in [1.29, 1.82) is 0 Å². The first-order valence-corrected chi connectivity index (χ1v) is 15.1. The predicted octanol–water partition coefficient (Wildman–Crippen LogP) is 10.0. The average molecular weight is 485 g/mol. The highest BCUT2D eigenvalue weighted by atomic mass is 31.1. The molecule has 0 fully saturated rings. The molecule has 0 spiro atoms. The molecule has 0 atom stereocenters. The zero-order valence-electron chi connectivity index (χ0n) is 25.0. The van der Waals surface area contributed by atoms with Crippen LogP contribution in [0.25, 0.3) is 0 Å². The van der Waals surface area contributed by atoms with E-state index in [-0.39, 0.29) is 47.3 Å². The summed E-state index contributed by atoms with van der Waals surface area (Å²) < 4.78 is 0. The standard InChI is InChI=1S/C28H58N2P2/c1-23(2,3)21(19-31(25(7,8)9)26(10,11)12)29-30-22(24(4,5)6)20-32(27(13,14)15)28(16,17)18/h19-20,29-30H,1-18H3/b21-19-,22-20-. The maximum Gasteiger partial charge on any atom is 0.0372 e. The third kappa shape index (κ3) is 10.5. The Morgan fingerprint density at radius 1 is 0.406 bits per heavy atom. The second-order valence-corrected chi connectivity index (χ2v) is 22.6. The lowest BCUT2D eigenvalue weighted by Gasteiger charge is -2.42. The van der Waals surface area contributed by atoms with Gasteiger partial charge in [-0.2, -0.15) is 0 Å². The Bertz CT molecular complexity index is 573. The van der Waals surface area contributed by atoms with Gasteiger partial charge < -0.3 is 10.9 Å². The topological polar surface area (TPSA) is 24.1 Å². The molecule has 0 aromatic carbocycles. The molecule has 0 bridgehead atoms. The largest absolute Gasteiger partial charge is 0.305 e. The highest BCUT2D eigenvalue weighted by molar-refractivity contribution is 7.64. The molecule has 0 aliphatic heterocycles. The van der Waals surface area contributed by atoms with Crippen molar-refractivity contribution < 1.29 is 0 Å². The second kappa shape index (κ2) is 10.3. The van der Waals surface area contributed by atoms with Crippen LogP contribution >= 0.6 is 15.8 Å². The molecule has 2 N–H and O–H groups in total. The van der Waals surface area contributed by atoms with Crippen molar-refractivity contribution in [1.82, 2.24) is 10.9 Å². The van der Waals surface area contributed by atoms with Crippen molar-refractivity contribution in [3.63, 3.8) is 0 Å². The van der Waals surface area contributed by atoms with Crippen LogP contribution in [0.15, 0.2) is 23.0 Å². The fraction of sp³-hybridized carbons (Fsp3) is 0.857. The Balaban J connectivity index is 6.39. The van der Waals surface area contributed by atoms with Crippen LogP contribution in [0.1, 0.15) is 125 Å². The van der Waals surface area contributed by atoms with E-state index >= 15 is 0 Å². The Morgan fingerprint density at radius 3 is 0.719 bits per heavy atom. The maximum atomic E-state index is 3.72. The summed E-state index contributed by atoms with van der Waals surface area (Å²) in [6.07, 6.45) is 0. The lowest BCUT2D eigenvalue weighted by molar-refractivity contribution is 0.401. The van der Waals surface area contributed by atoms with Crippen LogP contribution in [0, 0.1) is 10.8 Å². The smallest absolute Gasteiger partial charge is 0.0372 e. The molecule has 2 nitrogen and oxygen atoms in total. The van der Waals surface area contributed by atoms with Gasteiger partial charge in [-0.15, -0.1) is 0 Å². The van der Waals surface area contributed by atoms with E-state index in [4.69, 9.17) is 0 Å². The summed E-state index contributed by atoms with van der Waals surface area (Å²) >= 11 is 0. The number of hydrogen-bond donors (Lipinski definition) is 2. The molecule has 4 heteroatoms. The van der Waals surface area contributed by atoms with E-state index < -0.39 is 0 Å². The van der Waals surface area contributed by atoms with Gasteiger partial charge in [0, 0.05) is 22.2 Å². The SMILES string of the molecule is CC(C)(C)/C(=C/P(C(C)(C)C)C(C)(C)C)NN/C(=C\P(C(C)(C)C)C(C)(C)C)C(C)(C)C. The van der Waals surface area contributed by atoms with Crippen LogP contribution in [-0.2, 0) is 0 Å². The number of hydrazine groups is 1. The van der Waals surface area contributed by atoms with Gasteiger partial charge in [0.05, 0.1) is 0 Å². The summed E-state index contributed by atoms with van der Waals surface area (Å²) in [6.45, 7) is 42.5. The highest BCUT2D eigenvalue weighted by Gasteiger charge is 2.36. The Morgan fingerprint density at radius 2 is 0.594 bits per heavy atom. The fourth-order valence-corrected chi connectivity index (χ4v) is 11.0. The summed E-state index contributed by atoms with van der Waals surface area (Å²) in [7, 11) is -0.678. The lowest BCUT2D eigenvalue weighted by atomic mass is 9.92. The summed E-state index contributed by atoms with van der Waals surface area (Å²) in [5.41, 5.74) is 10.1. The van der Waals surface area contributed by atoms with E-state index in [1.165, 1.54) is 11.4 Å². The quantitative estimate of drug-likeness (QED) is 0.300. The van der Waals surface area contributed by atoms with Crippen molar-refractivity contribution in [2.24, 2.45) is 10.8 Å². The van der Waals surface area contributed by atoms with Gasteiger partial charge in [0.2, 0.25) is 0 Å². The van der Waals surface area contributed by atoms with Crippen LogP contribution in [0.3, 0.4) is 0 Å². The Labute approximate surface area is 205 Å². The molecule has 0 unspecified atom stereocenters. The minimum Gasteiger partial charge on any atom is -0.305 e. The zero-order valence-corrected chi connectivity index (χ0v) is 26.8. The first-order chi connectivity index (χ1) is 13.7. The molecule has 32 heavy (non-hydrogen) atoms. The van der Waals surface area contributed by atoms with Crippen LogP contribution < -0.4 is 10.9 Å². The number of nitrogens with one attached hydrogen (secondary N) is 2. The van der Waals surface area contributed by atoms with Crippen LogP contribution in [0.2, 0.25) is 0 Å². The van der Waals surface area contributed by atoms with E-state index in [0.717, 1.165) is 0 Å². The molecule has 0 saturated heterocycles. The van der Waals surface area contributed by atoms with Gasteiger partial charge in [-0.05, 0) is 32.3 Å². The minimum absolute atomic E-state index is 0.0336. The van der Waals surface area contributed by atoms with Crippen molar-refractivity contribution in [2.45, 2.75) is 145 Å². The van der Waals surface area contributed by atoms with Gasteiger partial charge in [0.1, 0.15) is 0 Å². The summed E-state index contributed by atoms with van der Waals surface area (Å²) in [5.74, 6) is 5.11. The summed E-state index contributed by atoms with van der Waals surface area (Å²) in [6, 6.07) is 0. The second-order valence-electron chi connectivity index (χ2n) is 15.3. The van der Waals surface area contributed by atoms with Crippen LogP contribution in [0.5, 0.6) is 0 Å². The summed E-state index contributed by atoms with van der Waals surface area (Å²) in [4.78, 5) is 0. The van der Waals surface area contributed by atoms with Gasteiger partial charge in [0.25, 0.3) is 0 Å². The molecule has 0 radical (unpaired) electrons. The average Bonchev–Trinajstić information content (AvgIpc) is 2.41. The highest BCUT2D eigenvalue weighted by Crippen LogP contribution is 2.62.